The van der Waals surface area contributed by atoms with Gasteiger partial charge in [0.15, 0.2) is 0 Å². The van der Waals surface area contributed by atoms with Crippen LogP contribution in [0.5, 0.6) is 0 Å². The third-order valence-corrected chi connectivity index (χ3v) is 0.641. The molecule has 0 N–H and O–H groups in total. The number of rotatable bonds is 3. The quantitative estimate of drug-likeness (QED) is 0.314. The van der Waals surface area contributed by atoms with Crippen LogP contribution in [0, 0.1) is 5.92 Å². The highest BCUT2D eigenvalue weighted by Crippen LogP contribution is 1.94. The minimum Gasteiger partial charge on any atom is -0.251 e. The van der Waals surface area contributed by atoms with Gasteiger partial charge in [0.1, 0.15) is 0 Å². The average molecular weight is 132 g/mol. The summed E-state index contributed by atoms with van der Waals surface area (Å²) in [7, 11) is 0. The molecule has 0 fully saturated rings. The van der Waals surface area contributed by atoms with Crippen LogP contribution in [-0.2, 0) is 19.4 Å². The molecule has 0 aliphatic heterocycles. The van der Waals surface area contributed by atoms with Crippen LogP contribution in [0.1, 0.15) is 13.8 Å². The lowest BCUT2D eigenvalue weighted by molar-refractivity contribution is -0.250. The second-order valence-corrected chi connectivity index (χ2v) is 1.75. The van der Waals surface area contributed by atoms with Crippen molar-refractivity contribution in [3.63, 3.8) is 0 Å². The molecule has 52 valence electrons. The minimum absolute atomic E-state index is 0.0558. The molecule has 0 aromatic carbocycles. The predicted molar refractivity (Wildman–Crippen MR) is 28.1 cm³/mol. The van der Waals surface area contributed by atoms with E-state index in [9.17, 15) is 9.59 Å². The molecule has 0 unspecified atom stereocenters. The van der Waals surface area contributed by atoms with E-state index < -0.39 is 5.97 Å². The zero-order valence-electron chi connectivity index (χ0n) is 5.29. The Morgan fingerprint density at radius 3 is 2.44 bits per heavy atom. The fourth-order valence-corrected chi connectivity index (χ4v) is 0.163. The fourth-order valence-electron chi connectivity index (χ4n) is 0.163. The van der Waals surface area contributed by atoms with Crippen LogP contribution in [0.4, 0.5) is 0 Å². The number of hydrogen-bond acceptors (Lipinski definition) is 4. The van der Waals surface area contributed by atoms with Crippen molar-refractivity contribution >= 4 is 12.4 Å². The van der Waals surface area contributed by atoms with E-state index >= 15 is 0 Å². The first-order valence-electron chi connectivity index (χ1n) is 2.49. The first kappa shape index (κ1) is 7.94. The average Bonchev–Trinajstić information content (AvgIpc) is 1.82. The van der Waals surface area contributed by atoms with E-state index in [-0.39, 0.29) is 12.4 Å². The van der Waals surface area contributed by atoms with Crippen molar-refractivity contribution in [2.24, 2.45) is 5.92 Å². The molecule has 0 bridgehead atoms. The summed E-state index contributed by atoms with van der Waals surface area (Å²) in [5.41, 5.74) is 0. The standard InChI is InChI=1S/C5H8O4/c1-4(2)5(7)9-8-3-6/h3-4H,1-2H3. The molecule has 0 spiro atoms. The van der Waals surface area contributed by atoms with Crippen molar-refractivity contribution in [1.29, 1.82) is 0 Å². The third kappa shape index (κ3) is 3.52. The summed E-state index contributed by atoms with van der Waals surface area (Å²) < 4.78 is 0. The highest BCUT2D eigenvalue weighted by atomic mass is 17.2. The van der Waals surface area contributed by atoms with Crippen molar-refractivity contribution < 1.29 is 19.4 Å². The molecular weight excluding hydrogens is 124 g/mol. The Kier molecular flexibility index (Phi) is 3.43. The monoisotopic (exact) mass is 132 g/mol. The van der Waals surface area contributed by atoms with Crippen molar-refractivity contribution in [2.45, 2.75) is 13.8 Å². The summed E-state index contributed by atoms with van der Waals surface area (Å²) >= 11 is 0. The number of carbonyl (C=O) groups is 2. The Hall–Kier alpha value is -1.06. The first-order chi connectivity index (χ1) is 4.18. The molecule has 0 amide bonds. The summed E-state index contributed by atoms with van der Waals surface area (Å²) in [6, 6.07) is 0. The maximum atomic E-state index is 10.4. The molecule has 0 aromatic rings. The van der Waals surface area contributed by atoms with E-state index in [1.807, 2.05) is 0 Å². The highest BCUT2D eigenvalue weighted by molar-refractivity contribution is 5.71. The lowest BCUT2D eigenvalue weighted by Crippen LogP contribution is -2.11. The Morgan fingerprint density at radius 1 is 1.56 bits per heavy atom. The van der Waals surface area contributed by atoms with Gasteiger partial charge in [-0.25, -0.2) is 9.68 Å². The van der Waals surface area contributed by atoms with Crippen LogP contribution in [-0.4, -0.2) is 12.4 Å². The predicted octanol–water partition coefficient (Wildman–Crippen LogP) is 0.274. The van der Waals surface area contributed by atoms with E-state index in [0.717, 1.165) is 0 Å². The molecule has 0 aromatic heterocycles. The van der Waals surface area contributed by atoms with Crippen molar-refractivity contribution in [3.8, 4) is 0 Å². The van der Waals surface area contributed by atoms with E-state index in [1.165, 1.54) is 0 Å². The van der Waals surface area contributed by atoms with Gasteiger partial charge >= 0.3 is 12.4 Å². The summed E-state index contributed by atoms with van der Waals surface area (Å²) in [5.74, 6) is -0.827. The van der Waals surface area contributed by atoms with Gasteiger partial charge in [0.05, 0.1) is 5.92 Å². The number of carbonyl (C=O) groups excluding carboxylic acids is 2. The molecule has 0 aliphatic rings. The normalized spacial score (nSPS) is 8.78. The van der Waals surface area contributed by atoms with Gasteiger partial charge in [-0.1, -0.05) is 13.8 Å². The molecule has 0 aliphatic carbocycles. The van der Waals surface area contributed by atoms with Crippen LogP contribution in [0.3, 0.4) is 0 Å². The van der Waals surface area contributed by atoms with Gasteiger partial charge in [0.2, 0.25) is 0 Å². The molecule has 0 rings (SSSR count). The Morgan fingerprint density at radius 2 is 2.11 bits per heavy atom. The molecular formula is C5H8O4. The van der Waals surface area contributed by atoms with E-state index in [2.05, 4.69) is 9.78 Å². The second-order valence-electron chi connectivity index (χ2n) is 1.75. The molecule has 0 saturated heterocycles. The van der Waals surface area contributed by atoms with Crippen LogP contribution in [0.25, 0.3) is 0 Å². The van der Waals surface area contributed by atoms with Crippen LogP contribution in [0.15, 0.2) is 0 Å². The maximum absolute atomic E-state index is 10.4. The zero-order valence-corrected chi connectivity index (χ0v) is 5.29. The van der Waals surface area contributed by atoms with Crippen molar-refractivity contribution in [3.05, 3.63) is 0 Å². The maximum Gasteiger partial charge on any atom is 0.358 e. The van der Waals surface area contributed by atoms with Crippen LogP contribution in [0.2, 0.25) is 0 Å². The molecule has 4 nitrogen and oxygen atoms in total. The molecule has 9 heavy (non-hydrogen) atoms. The van der Waals surface area contributed by atoms with Gasteiger partial charge in [-0.05, 0) is 0 Å². The SMILES string of the molecule is CC(C)C(=O)OOC=O. The van der Waals surface area contributed by atoms with E-state index in [1.54, 1.807) is 13.8 Å². The summed E-state index contributed by atoms with van der Waals surface area (Å²) in [5, 5.41) is 0. The largest absolute Gasteiger partial charge is 0.358 e. The Labute approximate surface area is 52.7 Å². The minimum atomic E-state index is -0.554. The second kappa shape index (κ2) is 3.88. The van der Waals surface area contributed by atoms with Crippen molar-refractivity contribution in [1.82, 2.24) is 0 Å². The van der Waals surface area contributed by atoms with Crippen LogP contribution >= 0.6 is 0 Å². The van der Waals surface area contributed by atoms with Crippen LogP contribution < -0.4 is 0 Å². The highest BCUT2D eigenvalue weighted by Gasteiger charge is 2.08. The molecule has 0 radical (unpaired) electrons. The lowest BCUT2D eigenvalue weighted by atomic mass is 10.2. The van der Waals surface area contributed by atoms with E-state index in [4.69, 9.17) is 0 Å². The smallest absolute Gasteiger partial charge is 0.251 e. The Balaban J connectivity index is 3.38. The summed E-state index contributed by atoms with van der Waals surface area (Å²) in [4.78, 5) is 27.5. The van der Waals surface area contributed by atoms with Crippen molar-refractivity contribution in [2.75, 3.05) is 0 Å². The van der Waals surface area contributed by atoms with Gasteiger partial charge in [-0.3, -0.25) is 9.68 Å². The van der Waals surface area contributed by atoms with Gasteiger partial charge in [0, 0.05) is 0 Å². The topological polar surface area (TPSA) is 52.6 Å². The lowest BCUT2D eigenvalue weighted by Gasteiger charge is -1.99. The van der Waals surface area contributed by atoms with E-state index in [0.29, 0.717) is 0 Å². The first-order valence-corrected chi connectivity index (χ1v) is 2.49. The molecule has 0 saturated carbocycles. The molecule has 4 heteroatoms. The summed E-state index contributed by atoms with van der Waals surface area (Å²) in [6.45, 7) is 3.33. The fraction of sp³-hybridized carbons (Fsp3) is 0.600. The number of hydrogen-bond donors (Lipinski definition) is 0. The molecule has 0 heterocycles. The summed E-state index contributed by atoms with van der Waals surface area (Å²) in [6.07, 6.45) is 0. The zero-order chi connectivity index (χ0) is 7.28. The Bertz CT molecular complexity index is 108. The van der Waals surface area contributed by atoms with Gasteiger partial charge < -0.3 is 0 Å². The molecule has 0 atom stereocenters. The third-order valence-electron chi connectivity index (χ3n) is 0.641. The van der Waals surface area contributed by atoms with Gasteiger partial charge in [-0.15, -0.1) is 0 Å². The van der Waals surface area contributed by atoms with Gasteiger partial charge in [-0.2, -0.15) is 0 Å². The van der Waals surface area contributed by atoms with Gasteiger partial charge in [0.25, 0.3) is 0 Å².